The first-order valence-electron chi connectivity index (χ1n) is 8.95. The zero-order valence-corrected chi connectivity index (χ0v) is 15.0. The Morgan fingerprint density at radius 3 is 2.69 bits per heavy atom. The molecule has 2 heterocycles. The molecule has 1 spiro atoms. The van der Waals surface area contributed by atoms with E-state index in [1.807, 2.05) is 0 Å². The van der Waals surface area contributed by atoms with Crippen molar-refractivity contribution >= 4 is 11.9 Å². The third kappa shape index (κ3) is 4.15. The number of nitrogens with zero attached hydrogens (tertiary/aromatic N) is 2. The largest absolute Gasteiger partial charge is 0.496 e. The molecule has 2 saturated heterocycles. The van der Waals surface area contributed by atoms with Crippen LogP contribution in [0.1, 0.15) is 31.2 Å². The molecule has 0 unspecified atom stereocenters. The second kappa shape index (κ2) is 7.61. The van der Waals surface area contributed by atoms with Gasteiger partial charge in [0.05, 0.1) is 7.11 Å². The van der Waals surface area contributed by atoms with Crippen LogP contribution in [0.2, 0.25) is 0 Å². The molecule has 142 valence electrons. The number of carbonyl (C=O) groups is 2. The van der Waals surface area contributed by atoms with E-state index in [1.165, 1.54) is 17.0 Å². The molecule has 26 heavy (non-hydrogen) atoms. The summed E-state index contributed by atoms with van der Waals surface area (Å²) in [5, 5.41) is 9.00. The summed E-state index contributed by atoms with van der Waals surface area (Å²) in [6, 6.07) is 4.55. The topological polar surface area (TPSA) is 70.1 Å². The van der Waals surface area contributed by atoms with Crippen LogP contribution in [0, 0.1) is 11.2 Å². The van der Waals surface area contributed by atoms with Crippen LogP contribution in [-0.4, -0.2) is 60.1 Å². The fourth-order valence-electron chi connectivity index (χ4n) is 4.11. The van der Waals surface area contributed by atoms with Crippen molar-refractivity contribution in [3.8, 4) is 5.75 Å². The van der Waals surface area contributed by atoms with Gasteiger partial charge in [-0.3, -0.25) is 14.5 Å². The molecule has 0 bridgehead atoms. The molecule has 0 aromatic heterocycles. The lowest BCUT2D eigenvalue weighted by Crippen LogP contribution is -2.52. The van der Waals surface area contributed by atoms with Crippen molar-refractivity contribution in [2.75, 3.05) is 33.3 Å². The highest BCUT2D eigenvalue weighted by Gasteiger charge is 2.41. The fourth-order valence-corrected chi connectivity index (χ4v) is 4.11. The number of halogens is 1. The monoisotopic (exact) mass is 364 g/mol. The van der Waals surface area contributed by atoms with Gasteiger partial charge in [-0.15, -0.1) is 0 Å². The second-order valence-corrected chi connectivity index (χ2v) is 7.38. The number of carbonyl (C=O) groups excluding carboxylic acids is 1. The number of methoxy groups -OCH3 is 1. The molecule has 0 saturated carbocycles. The van der Waals surface area contributed by atoms with E-state index in [-0.39, 0.29) is 23.7 Å². The first kappa shape index (κ1) is 18.6. The molecule has 1 amide bonds. The van der Waals surface area contributed by atoms with Gasteiger partial charge in [-0.05, 0) is 56.0 Å². The summed E-state index contributed by atoms with van der Waals surface area (Å²) in [5.74, 6) is -0.622. The Balaban J connectivity index is 1.61. The van der Waals surface area contributed by atoms with Crippen molar-refractivity contribution in [3.05, 3.63) is 29.6 Å². The van der Waals surface area contributed by atoms with Gasteiger partial charge in [0.1, 0.15) is 18.1 Å². The molecule has 1 N–H and O–H groups in total. The van der Waals surface area contributed by atoms with Crippen molar-refractivity contribution in [1.29, 1.82) is 0 Å². The Morgan fingerprint density at radius 2 is 2.04 bits per heavy atom. The van der Waals surface area contributed by atoms with Crippen LogP contribution in [-0.2, 0) is 16.1 Å². The number of rotatable bonds is 5. The molecule has 7 heteroatoms. The number of amides is 1. The molecule has 0 aliphatic carbocycles. The summed E-state index contributed by atoms with van der Waals surface area (Å²) in [4.78, 5) is 26.7. The lowest BCUT2D eigenvalue weighted by atomic mass is 9.72. The summed E-state index contributed by atoms with van der Waals surface area (Å²) in [6.07, 6.45) is 3.06. The number of piperidine rings is 2. The van der Waals surface area contributed by atoms with Crippen molar-refractivity contribution in [3.63, 3.8) is 0 Å². The van der Waals surface area contributed by atoms with Gasteiger partial charge in [-0.1, -0.05) is 0 Å². The van der Waals surface area contributed by atoms with Gasteiger partial charge in [-0.2, -0.15) is 0 Å². The second-order valence-electron chi connectivity index (χ2n) is 7.38. The molecular formula is C19H25FN2O4. The average molecular weight is 364 g/mol. The SMILES string of the molecule is COc1ccc(F)cc1CN1CCC2(CCC(=O)N(CC(=O)O)C2)CC1. The molecule has 1 aromatic carbocycles. The highest BCUT2D eigenvalue weighted by molar-refractivity contribution is 5.82. The van der Waals surface area contributed by atoms with Gasteiger partial charge >= 0.3 is 5.97 Å². The molecular weight excluding hydrogens is 339 g/mol. The van der Waals surface area contributed by atoms with Gasteiger partial charge in [0.25, 0.3) is 0 Å². The first-order valence-corrected chi connectivity index (χ1v) is 8.95. The Morgan fingerprint density at radius 1 is 1.31 bits per heavy atom. The van der Waals surface area contributed by atoms with Crippen molar-refractivity contribution in [2.24, 2.45) is 5.41 Å². The van der Waals surface area contributed by atoms with Crippen LogP contribution in [0.5, 0.6) is 5.75 Å². The number of carboxylic acids is 1. The number of hydrogen-bond acceptors (Lipinski definition) is 4. The normalized spacial score (nSPS) is 20.4. The summed E-state index contributed by atoms with van der Waals surface area (Å²) in [7, 11) is 1.58. The smallest absolute Gasteiger partial charge is 0.323 e. The van der Waals surface area contributed by atoms with Crippen LogP contribution in [0.25, 0.3) is 0 Å². The predicted octanol–water partition coefficient (Wildman–Crippen LogP) is 2.12. The van der Waals surface area contributed by atoms with Crippen molar-refractivity contribution in [2.45, 2.75) is 32.2 Å². The Labute approximate surface area is 152 Å². The molecule has 1 aromatic rings. The average Bonchev–Trinajstić information content (AvgIpc) is 2.60. The summed E-state index contributed by atoms with van der Waals surface area (Å²) < 4.78 is 18.9. The number of likely N-dealkylation sites (tertiary alicyclic amines) is 2. The molecule has 2 fully saturated rings. The number of ether oxygens (including phenoxy) is 1. The van der Waals surface area contributed by atoms with Crippen LogP contribution in [0.15, 0.2) is 18.2 Å². The van der Waals surface area contributed by atoms with Crippen LogP contribution in [0.3, 0.4) is 0 Å². The molecule has 2 aliphatic rings. The number of hydrogen-bond donors (Lipinski definition) is 1. The van der Waals surface area contributed by atoms with Gasteiger partial charge < -0.3 is 14.7 Å². The number of benzene rings is 1. The predicted molar refractivity (Wildman–Crippen MR) is 93.3 cm³/mol. The highest BCUT2D eigenvalue weighted by atomic mass is 19.1. The number of aliphatic carboxylic acids is 1. The minimum absolute atomic E-state index is 0.00584. The Hall–Kier alpha value is -2.15. The lowest BCUT2D eigenvalue weighted by molar-refractivity contribution is -0.149. The molecule has 2 aliphatic heterocycles. The van der Waals surface area contributed by atoms with Gasteiger partial charge in [-0.25, -0.2) is 4.39 Å². The molecule has 0 radical (unpaired) electrons. The summed E-state index contributed by atoms with van der Waals surface area (Å²) in [6.45, 7) is 2.61. The standard InChI is InChI=1S/C19H25FN2O4/c1-26-16-3-2-15(20)10-14(16)11-21-8-6-19(7-9-21)5-4-17(23)22(13-19)12-18(24)25/h2-3,10H,4-9,11-13H2,1H3,(H,24,25). The maximum Gasteiger partial charge on any atom is 0.323 e. The Bertz CT molecular complexity index is 686. The fraction of sp³-hybridized carbons (Fsp3) is 0.579. The van der Waals surface area contributed by atoms with Gasteiger partial charge in [0.15, 0.2) is 0 Å². The quantitative estimate of drug-likeness (QED) is 0.867. The van der Waals surface area contributed by atoms with E-state index in [9.17, 15) is 14.0 Å². The summed E-state index contributed by atoms with van der Waals surface area (Å²) >= 11 is 0. The van der Waals surface area contributed by atoms with E-state index >= 15 is 0 Å². The van der Waals surface area contributed by atoms with E-state index in [0.717, 1.165) is 37.9 Å². The number of carboxylic acid groups (broad SMARTS) is 1. The molecule has 0 atom stereocenters. The van der Waals surface area contributed by atoms with Gasteiger partial charge in [0.2, 0.25) is 5.91 Å². The van der Waals surface area contributed by atoms with E-state index < -0.39 is 5.97 Å². The van der Waals surface area contributed by atoms with Crippen molar-refractivity contribution in [1.82, 2.24) is 9.80 Å². The third-order valence-corrected chi connectivity index (χ3v) is 5.63. The zero-order chi connectivity index (χ0) is 18.7. The molecule has 3 rings (SSSR count). The first-order chi connectivity index (χ1) is 12.4. The van der Waals surface area contributed by atoms with E-state index in [4.69, 9.17) is 9.84 Å². The van der Waals surface area contributed by atoms with Crippen LogP contribution in [0.4, 0.5) is 4.39 Å². The minimum Gasteiger partial charge on any atom is -0.496 e. The van der Waals surface area contributed by atoms with Crippen LogP contribution >= 0.6 is 0 Å². The zero-order valence-electron chi connectivity index (χ0n) is 15.0. The Kier molecular flexibility index (Phi) is 5.46. The van der Waals surface area contributed by atoms with E-state index in [1.54, 1.807) is 13.2 Å². The maximum absolute atomic E-state index is 13.5. The van der Waals surface area contributed by atoms with E-state index in [0.29, 0.717) is 25.3 Å². The molecule has 6 nitrogen and oxygen atoms in total. The van der Waals surface area contributed by atoms with Crippen molar-refractivity contribution < 1.29 is 23.8 Å². The minimum atomic E-state index is -0.967. The summed E-state index contributed by atoms with van der Waals surface area (Å²) in [5.41, 5.74) is 0.834. The lowest BCUT2D eigenvalue weighted by Gasteiger charge is -2.47. The maximum atomic E-state index is 13.5. The van der Waals surface area contributed by atoms with E-state index in [2.05, 4.69) is 4.90 Å². The van der Waals surface area contributed by atoms with Gasteiger partial charge in [0, 0.05) is 25.1 Å². The third-order valence-electron chi connectivity index (χ3n) is 5.63. The van der Waals surface area contributed by atoms with Crippen LogP contribution < -0.4 is 4.74 Å². The highest BCUT2D eigenvalue weighted by Crippen LogP contribution is 2.40.